The Bertz CT molecular complexity index is 932. The van der Waals surface area contributed by atoms with Gasteiger partial charge >= 0.3 is 0 Å². The number of phenolic OH excluding ortho intramolecular Hbond substituents is 1. The maximum absolute atomic E-state index is 12.2. The van der Waals surface area contributed by atoms with Gasteiger partial charge in [-0.05, 0) is 36.4 Å². The van der Waals surface area contributed by atoms with Crippen molar-refractivity contribution < 1.29 is 14.6 Å². The summed E-state index contributed by atoms with van der Waals surface area (Å²) < 4.78 is 10.7. The molecule has 6 nitrogen and oxygen atoms in total. The number of phenols is 1. The van der Waals surface area contributed by atoms with Crippen molar-refractivity contribution in [2.24, 2.45) is 0 Å². The highest BCUT2D eigenvalue weighted by atomic mass is 16.7. The van der Waals surface area contributed by atoms with Gasteiger partial charge in [0.15, 0.2) is 11.5 Å². The number of nitrogens with one attached hydrogen (secondary N) is 2. The molecule has 0 bridgehead atoms. The Labute approximate surface area is 131 Å². The number of hydrogen-bond acceptors (Lipinski definition) is 5. The third-order valence-corrected chi connectivity index (χ3v) is 3.76. The molecule has 3 aromatic rings. The molecule has 0 fully saturated rings. The average Bonchev–Trinajstić information content (AvgIpc) is 2.99. The fourth-order valence-corrected chi connectivity index (χ4v) is 2.55. The number of fused-ring (bicyclic) bond motifs is 2. The first-order valence-corrected chi connectivity index (χ1v) is 7.17. The number of anilines is 1. The van der Waals surface area contributed by atoms with Crippen molar-refractivity contribution in [2.75, 3.05) is 12.1 Å². The minimum absolute atomic E-state index is 0.150. The molecule has 0 aliphatic carbocycles. The van der Waals surface area contributed by atoms with Crippen LogP contribution in [0.4, 0.5) is 5.69 Å². The molecule has 0 amide bonds. The Kier molecular flexibility index (Phi) is 3.08. The van der Waals surface area contributed by atoms with Gasteiger partial charge in [0.2, 0.25) is 6.79 Å². The second-order valence-electron chi connectivity index (χ2n) is 5.32. The minimum atomic E-state index is -0.150. The van der Waals surface area contributed by atoms with E-state index in [0.717, 1.165) is 11.1 Å². The molecule has 6 heteroatoms. The van der Waals surface area contributed by atoms with Gasteiger partial charge in [-0.2, -0.15) is 0 Å². The van der Waals surface area contributed by atoms with Crippen LogP contribution >= 0.6 is 0 Å². The SMILES string of the molecule is O=c1[nH]c2cc3c(cc2cc1CNc1ccc(O)cc1)OCO3. The summed E-state index contributed by atoms with van der Waals surface area (Å²) in [4.78, 5) is 15.1. The van der Waals surface area contributed by atoms with Gasteiger partial charge in [0, 0.05) is 29.2 Å². The Morgan fingerprint density at radius 2 is 1.83 bits per heavy atom. The van der Waals surface area contributed by atoms with Gasteiger partial charge in [-0.3, -0.25) is 4.79 Å². The van der Waals surface area contributed by atoms with Crippen LogP contribution in [0.15, 0.2) is 47.3 Å². The first-order valence-electron chi connectivity index (χ1n) is 7.17. The predicted molar refractivity (Wildman–Crippen MR) is 86.1 cm³/mol. The van der Waals surface area contributed by atoms with E-state index in [1.54, 1.807) is 30.3 Å². The highest BCUT2D eigenvalue weighted by molar-refractivity contribution is 5.83. The Hall–Kier alpha value is -3.15. The summed E-state index contributed by atoms with van der Waals surface area (Å²) in [7, 11) is 0. The third-order valence-electron chi connectivity index (χ3n) is 3.76. The van der Waals surface area contributed by atoms with E-state index in [4.69, 9.17) is 9.47 Å². The van der Waals surface area contributed by atoms with E-state index in [2.05, 4.69) is 10.3 Å². The summed E-state index contributed by atoms with van der Waals surface area (Å²) in [6.45, 7) is 0.579. The van der Waals surface area contributed by atoms with E-state index < -0.39 is 0 Å². The van der Waals surface area contributed by atoms with Crippen LogP contribution in [-0.2, 0) is 6.54 Å². The van der Waals surface area contributed by atoms with Crippen LogP contribution in [0.25, 0.3) is 10.9 Å². The number of aromatic nitrogens is 1. The van der Waals surface area contributed by atoms with Crippen LogP contribution in [-0.4, -0.2) is 16.9 Å². The van der Waals surface area contributed by atoms with Crippen molar-refractivity contribution in [3.63, 3.8) is 0 Å². The molecule has 0 unspecified atom stereocenters. The van der Waals surface area contributed by atoms with Crippen molar-refractivity contribution in [2.45, 2.75) is 6.54 Å². The summed E-state index contributed by atoms with van der Waals surface area (Å²) in [6, 6.07) is 12.2. The lowest BCUT2D eigenvalue weighted by Gasteiger charge is -2.08. The van der Waals surface area contributed by atoms with Gasteiger partial charge in [0.1, 0.15) is 5.75 Å². The molecule has 4 rings (SSSR count). The van der Waals surface area contributed by atoms with Gasteiger partial charge in [-0.1, -0.05) is 0 Å². The average molecular weight is 310 g/mol. The summed E-state index contributed by atoms with van der Waals surface area (Å²) in [5, 5.41) is 13.3. The van der Waals surface area contributed by atoms with Crippen LogP contribution in [0.1, 0.15) is 5.56 Å². The Balaban J connectivity index is 1.64. The smallest absolute Gasteiger partial charge is 0.253 e. The molecule has 1 aromatic heterocycles. The van der Waals surface area contributed by atoms with Crippen molar-refractivity contribution in [3.05, 3.63) is 58.4 Å². The number of rotatable bonds is 3. The zero-order chi connectivity index (χ0) is 15.8. The van der Waals surface area contributed by atoms with E-state index in [9.17, 15) is 9.90 Å². The fraction of sp³-hybridized carbons (Fsp3) is 0.118. The maximum Gasteiger partial charge on any atom is 0.253 e. The topological polar surface area (TPSA) is 83.6 Å². The van der Waals surface area contributed by atoms with Crippen molar-refractivity contribution >= 4 is 16.6 Å². The van der Waals surface area contributed by atoms with E-state index in [-0.39, 0.29) is 18.1 Å². The van der Waals surface area contributed by atoms with Crippen molar-refractivity contribution in [1.82, 2.24) is 4.98 Å². The zero-order valence-corrected chi connectivity index (χ0v) is 12.1. The van der Waals surface area contributed by atoms with Gasteiger partial charge in [-0.25, -0.2) is 0 Å². The number of H-pyrrole nitrogens is 1. The second-order valence-corrected chi connectivity index (χ2v) is 5.32. The van der Waals surface area contributed by atoms with Crippen molar-refractivity contribution in [3.8, 4) is 17.2 Å². The van der Waals surface area contributed by atoms with Crippen LogP contribution in [0.3, 0.4) is 0 Å². The molecule has 2 heterocycles. The number of benzene rings is 2. The monoisotopic (exact) mass is 310 g/mol. The number of ether oxygens (including phenoxy) is 2. The predicted octanol–water partition coefficient (Wildman–Crippen LogP) is 2.57. The first-order chi connectivity index (χ1) is 11.2. The van der Waals surface area contributed by atoms with Gasteiger partial charge in [0.25, 0.3) is 5.56 Å². The van der Waals surface area contributed by atoms with E-state index in [1.165, 1.54) is 0 Å². The highest BCUT2D eigenvalue weighted by Gasteiger charge is 2.15. The summed E-state index contributed by atoms with van der Waals surface area (Å²) in [5.74, 6) is 1.53. The molecule has 1 aliphatic heterocycles. The van der Waals surface area contributed by atoms with Gasteiger partial charge < -0.3 is 24.9 Å². The van der Waals surface area contributed by atoms with Gasteiger partial charge in [-0.15, -0.1) is 0 Å². The summed E-state index contributed by atoms with van der Waals surface area (Å²) in [5.41, 5.74) is 2.01. The van der Waals surface area contributed by atoms with E-state index in [1.807, 2.05) is 12.1 Å². The quantitative estimate of drug-likeness (QED) is 0.648. The highest BCUT2D eigenvalue weighted by Crippen LogP contribution is 2.35. The third kappa shape index (κ3) is 2.55. The summed E-state index contributed by atoms with van der Waals surface area (Å²) in [6.07, 6.45) is 0. The fourth-order valence-electron chi connectivity index (χ4n) is 2.55. The molecule has 1 aliphatic rings. The molecule has 0 saturated heterocycles. The molecular formula is C17H14N2O4. The number of pyridine rings is 1. The van der Waals surface area contributed by atoms with Gasteiger partial charge in [0.05, 0.1) is 5.52 Å². The maximum atomic E-state index is 12.2. The normalized spacial score (nSPS) is 12.5. The number of aromatic hydroxyl groups is 1. The van der Waals surface area contributed by atoms with Crippen LogP contribution in [0, 0.1) is 0 Å². The first kappa shape index (κ1) is 13.5. The largest absolute Gasteiger partial charge is 0.508 e. The van der Waals surface area contributed by atoms with Crippen LogP contribution in [0.2, 0.25) is 0 Å². The summed E-state index contributed by atoms with van der Waals surface area (Å²) >= 11 is 0. The zero-order valence-electron chi connectivity index (χ0n) is 12.1. The lowest BCUT2D eigenvalue weighted by molar-refractivity contribution is 0.174. The molecule has 0 saturated carbocycles. The number of hydrogen-bond donors (Lipinski definition) is 3. The minimum Gasteiger partial charge on any atom is -0.508 e. The Morgan fingerprint density at radius 3 is 2.61 bits per heavy atom. The van der Waals surface area contributed by atoms with E-state index >= 15 is 0 Å². The number of aromatic amines is 1. The molecule has 2 aromatic carbocycles. The van der Waals surface area contributed by atoms with E-state index in [0.29, 0.717) is 29.1 Å². The molecule has 0 spiro atoms. The molecule has 3 N–H and O–H groups in total. The van der Waals surface area contributed by atoms with Crippen LogP contribution < -0.4 is 20.3 Å². The molecule has 23 heavy (non-hydrogen) atoms. The second kappa shape index (κ2) is 5.24. The lowest BCUT2D eigenvalue weighted by atomic mass is 10.1. The molecular weight excluding hydrogens is 296 g/mol. The van der Waals surface area contributed by atoms with Crippen molar-refractivity contribution in [1.29, 1.82) is 0 Å². The standard InChI is InChI=1S/C17H14N2O4/c20-13-3-1-12(2-4-13)18-8-11-5-10-6-15-16(23-9-22-15)7-14(10)19-17(11)21/h1-7,18,20H,8-9H2,(H,19,21). The lowest BCUT2D eigenvalue weighted by Crippen LogP contribution is -2.15. The van der Waals surface area contributed by atoms with Crippen LogP contribution in [0.5, 0.6) is 17.2 Å². The Morgan fingerprint density at radius 1 is 1.09 bits per heavy atom. The molecule has 0 radical (unpaired) electrons. The molecule has 116 valence electrons. The molecule has 0 atom stereocenters.